The van der Waals surface area contributed by atoms with Crippen LogP contribution in [0.4, 0.5) is 0 Å². The lowest BCUT2D eigenvalue weighted by Crippen LogP contribution is -2.18. The predicted molar refractivity (Wildman–Crippen MR) is 69.7 cm³/mol. The quantitative estimate of drug-likeness (QED) is 0.600. The Hall–Kier alpha value is -0.570. The van der Waals surface area contributed by atoms with Gasteiger partial charge in [0.2, 0.25) is 0 Å². The minimum atomic E-state index is -0.0812. The maximum absolute atomic E-state index is 11.4. The number of hydrogen-bond acceptors (Lipinski definition) is 3. The van der Waals surface area contributed by atoms with Crippen LogP contribution in [0, 0.1) is 11.8 Å². The topological polar surface area (TPSA) is 46.5 Å². The highest BCUT2D eigenvalue weighted by Crippen LogP contribution is 2.18. The molecule has 17 heavy (non-hydrogen) atoms. The molecule has 0 aromatic carbocycles. The minimum Gasteiger partial charge on any atom is -0.465 e. The van der Waals surface area contributed by atoms with Crippen LogP contribution in [0.25, 0.3) is 0 Å². The monoisotopic (exact) mass is 244 g/mol. The lowest BCUT2D eigenvalue weighted by Gasteiger charge is -2.20. The van der Waals surface area contributed by atoms with E-state index in [1.165, 1.54) is 0 Å². The van der Waals surface area contributed by atoms with Gasteiger partial charge in [-0.15, -0.1) is 0 Å². The highest BCUT2D eigenvalue weighted by atomic mass is 16.5. The molecule has 0 bridgehead atoms. The van der Waals surface area contributed by atoms with Crippen molar-refractivity contribution < 1.29 is 14.6 Å². The second-order valence-electron chi connectivity index (χ2n) is 4.75. The predicted octanol–water partition coefficient (Wildman–Crippen LogP) is 3.15. The van der Waals surface area contributed by atoms with Crippen molar-refractivity contribution in [2.75, 3.05) is 13.2 Å². The fourth-order valence-electron chi connectivity index (χ4n) is 1.80. The van der Waals surface area contributed by atoms with Crippen LogP contribution in [0.15, 0.2) is 0 Å². The van der Waals surface area contributed by atoms with Crippen LogP contribution in [0.3, 0.4) is 0 Å². The summed E-state index contributed by atoms with van der Waals surface area (Å²) in [5.74, 6) is 0.648. The molecule has 0 saturated carbocycles. The first-order valence-electron chi connectivity index (χ1n) is 6.94. The molecule has 0 aromatic heterocycles. The third-order valence-corrected chi connectivity index (χ3v) is 3.29. The number of ether oxygens (including phenoxy) is 1. The maximum Gasteiger partial charge on any atom is 0.305 e. The summed E-state index contributed by atoms with van der Waals surface area (Å²) >= 11 is 0. The molecule has 0 spiro atoms. The molecule has 0 amide bonds. The van der Waals surface area contributed by atoms with E-state index in [1.54, 1.807) is 0 Å². The fraction of sp³-hybridized carbons (Fsp3) is 0.929. The number of rotatable bonds is 10. The third kappa shape index (κ3) is 8.19. The lowest BCUT2D eigenvalue weighted by atomic mass is 9.92. The number of carbonyl (C=O) groups excluding carboxylic acids is 1. The van der Waals surface area contributed by atoms with E-state index in [0.717, 1.165) is 32.1 Å². The summed E-state index contributed by atoms with van der Waals surface area (Å²) in [4.78, 5) is 11.4. The number of carbonyl (C=O) groups is 1. The number of aliphatic hydroxyl groups excluding tert-OH is 1. The molecule has 1 N–H and O–H groups in total. The molecule has 0 fully saturated rings. The molecule has 0 aliphatic heterocycles. The van der Waals surface area contributed by atoms with Gasteiger partial charge in [0.25, 0.3) is 0 Å². The Morgan fingerprint density at radius 3 is 2.29 bits per heavy atom. The van der Waals surface area contributed by atoms with E-state index in [4.69, 9.17) is 9.84 Å². The molecule has 3 heteroatoms. The lowest BCUT2D eigenvalue weighted by molar-refractivity contribution is -0.145. The number of esters is 1. The Balaban J connectivity index is 3.84. The number of hydrogen-bond donors (Lipinski definition) is 1. The first kappa shape index (κ1) is 16.4. The van der Waals surface area contributed by atoms with E-state index in [0.29, 0.717) is 24.9 Å². The van der Waals surface area contributed by atoms with Crippen molar-refractivity contribution in [1.82, 2.24) is 0 Å². The van der Waals surface area contributed by atoms with Crippen LogP contribution < -0.4 is 0 Å². The Kier molecular flexibility index (Phi) is 10.2. The molecular weight excluding hydrogens is 216 g/mol. The molecule has 3 nitrogen and oxygen atoms in total. The van der Waals surface area contributed by atoms with Crippen molar-refractivity contribution in [3.05, 3.63) is 0 Å². The second-order valence-corrected chi connectivity index (χ2v) is 4.75. The molecule has 0 heterocycles. The van der Waals surface area contributed by atoms with Crippen LogP contribution in [-0.4, -0.2) is 24.3 Å². The molecule has 0 saturated heterocycles. The van der Waals surface area contributed by atoms with Crippen molar-refractivity contribution in [3.8, 4) is 0 Å². The van der Waals surface area contributed by atoms with E-state index in [1.807, 2.05) is 0 Å². The zero-order valence-corrected chi connectivity index (χ0v) is 11.6. The van der Waals surface area contributed by atoms with Gasteiger partial charge in [0.15, 0.2) is 0 Å². The highest BCUT2D eigenvalue weighted by molar-refractivity contribution is 5.69. The standard InChI is InChI=1S/C14H28O3/c1-4-7-8-14(16)17-11-13(6-3)9-12(5-2)10-15/h12-13,15H,4-11H2,1-3H3. The summed E-state index contributed by atoms with van der Waals surface area (Å²) in [6.07, 6.45) is 5.39. The van der Waals surface area contributed by atoms with Crippen molar-refractivity contribution in [3.63, 3.8) is 0 Å². The van der Waals surface area contributed by atoms with Crippen LogP contribution in [0.5, 0.6) is 0 Å². The average molecular weight is 244 g/mol. The summed E-state index contributed by atoms with van der Waals surface area (Å²) in [6, 6.07) is 0. The largest absolute Gasteiger partial charge is 0.465 e. The van der Waals surface area contributed by atoms with Crippen LogP contribution in [-0.2, 0) is 9.53 Å². The number of unbranched alkanes of at least 4 members (excludes halogenated alkanes) is 1. The van der Waals surface area contributed by atoms with Gasteiger partial charge in [0.05, 0.1) is 6.61 Å². The van der Waals surface area contributed by atoms with Crippen LogP contribution in [0.2, 0.25) is 0 Å². The van der Waals surface area contributed by atoms with Gasteiger partial charge in [0, 0.05) is 13.0 Å². The van der Waals surface area contributed by atoms with Gasteiger partial charge < -0.3 is 9.84 Å². The molecule has 0 rings (SSSR count). The summed E-state index contributed by atoms with van der Waals surface area (Å²) in [5.41, 5.74) is 0. The van der Waals surface area contributed by atoms with Gasteiger partial charge in [-0.05, 0) is 24.7 Å². The van der Waals surface area contributed by atoms with Crippen molar-refractivity contribution in [2.24, 2.45) is 11.8 Å². The molecule has 0 aliphatic rings. The van der Waals surface area contributed by atoms with Crippen LogP contribution >= 0.6 is 0 Å². The summed E-state index contributed by atoms with van der Waals surface area (Å²) in [5, 5.41) is 9.16. The minimum absolute atomic E-state index is 0.0812. The summed E-state index contributed by atoms with van der Waals surface area (Å²) in [7, 11) is 0. The fourth-order valence-corrected chi connectivity index (χ4v) is 1.80. The summed E-state index contributed by atoms with van der Waals surface area (Å²) < 4.78 is 5.27. The van der Waals surface area contributed by atoms with Gasteiger partial charge in [-0.1, -0.05) is 40.0 Å². The van der Waals surface area contributed by atoms with Gasteiger partial charge in [-0.3, -0.25) is 4.79 Å². The van der Waals surface area contributed by atoms with Crippen molar-refractivity contribution in [1.29, 1.82) is 0 Å². The molecule has 2 atom stereocenters. The van der Waals surface area contributed by atoms with Gasteiger partial charge in [0.1, 0.15) is 0 Å². The normalized spacial score (nSPS) is 14.4. The van der Waals surface area contributed by atoms with Crippen LogP contribution in [0.1, 0.15) is 59.3 Å². The van der Waals surface area contributed by atoms with E-state index >= 15 is 0 Å². The molecule has 0 aliphatic carbocycles. The molecular formula is C14H28O3. The number of aliphatic hydroxyl groups is 1. The second kappa shape index (κ2) is 10.6. The third-order valence-electron chi connectivity index (χ3n) is 3.29. The van der Waals surface area contributed by atoms with Crippen molar-refractivity contribution in [2.45, 2.75) is 59.3 Å². The molecule has 0 radical (unpaired) electrons. The Morgan fingerprint density at radius 2 is 1.82 bits per heavy atom. The molecule has 2 unspecified atom stereocenters. The zero-order valence-electron chi connectivity index (χ0n) is 11.6. The molecule has 0 aromatic rings. The Labute approximate surface area is 106 Å². The smallest absolute Gasteiger partial charge is 0.305 e. The van der Waals surface area contributed by atoms with E-state index in [2.05, 4.69) is 20.8 Å². The first-order chi connectivity index (χ1) is 8.17. The molecule has 102 valence electrons. The van der Waals surface area contributed by atoms with Crippen molar-refractivity contribution >= 4 is 5.97 Å². The Bertz CT molecular complexity index is 188. The maximum atomic E-state index is 11.4. The van der Waals surface area contributed by atoms with Gasteiger partial charge in [-0.25, -0.2) is 0 Å². The summed E-state index contributed by atoms with van der Waals surface area (Å²) in [6.45, 7) is 7.00. The highest BCUT2D eigenvalue weighted by Gasteiger charge is 2.15. The van der Waals surface area contributed by atoms with E-state index < -0.39 is 0 Å². The van der Waals surface area contributed by atoms with E-state index in [9.17, 15) is 4.79 Å². The van der Waals surface area contributed by atoms with E-state index in [-0.39, 0.29) is 12.6 Å². The van der Waals surface area contributed by atoms with Gasteiger partial charge in [-0.2, -0.15) is 0 Å². The first-order valence-corrected chi connectivity index (χ1v) is 6.94. The zero-order chi connectivity index (χ0) is 13.1. The SMILES string of the molecule is CCCCC(=O)OCC(CC)CC(CC)CO. The van der Waals surface area contributed by atoms with Gasteiger partial charge >= 0.3 is 5.97 Å². The Morgan fingerprint density at radius 1 is 1.18 bits per heavy atom. The average Bonchev–Trinajstić information content (AvgIpc) is 2.36.